The number of aliphatic hydroxyl groups is 1. The van der Waals surface area contributed by atoms with Crippen LogP contribution in [-0.4, -0.2) is 32.4 Å². The summed E-state index contributed by atoms with van der Waals surface area (Å²) in [7, 11) is 4.13. The minimum Gasteiger partial charge on any atom is -0.396 e. The fourth-order valence-corrected chi connectivity index (χ4v) is 3.30. The third-order valence-electron chi connectivity index (χ3n) is 4.90. The highest BCUT2D eigenvalue weighted by Crippen LogP contribution is 2.29. The van der Waals surface area contributed by atoms with Crippen LogP contribution in [0.4, 0.5) is 5.69 Å². The summed E-state index contributed by atoms with van der Waals surface area (Å²) in [6, 6.07) is 9.12. The van der Waals surface area contributed by atoms with Gasteiger partial charge in [0.05, 0.1) is 0 Å². The Balaban J connectivity index is 1.87. The van der Waals surface area contributed by atoms with Crippen molar-refractivity contribution in [2.45, 2.75) is 38.6 Å². The predicted molar refractivity (Wildman–Crippen MR) is 89.7 cm³/mol. The standard InChI is InChI=1S/C18H30N2O/c1-14(15-8-10-18(11-9-15)20(2)3)19-12-16-6-4-5-7-17(16)13-21/h8-11,14,16-17,19,21H,4-7,12-13H2,1-3H3. The first kappa shape index (κ1) is 16.3. The third-order valence-corrected chi connectivity index (χ3v) is 4.90. The van der Waals surface area contributed by atoms with Gasteiger partial charge in [0.25, 0.3) is 0 Å². The number of hydrogen-bond acceptors (Lipinski definition) is 3. The maximum Gasteiger partial charge on any atom is 0.0462 e. The normalized spacial score (nSPS) is 23.8. The second-order valence-electron chi connectivity index (χ2n) is 6.60. The minimum atomic E-state index is 0.345. The lowest BCUT2D eigenvalue weighted by Crippen LogP contribution is -2.33. The molecule has 0 aliphatic heterocycles. The highest BCUT2D eigenvalue weighted by molar-refractivity contribution is 5.46. The van der Waals surface area contributed by atoms with E-state index in [1.54, 1.807) is 0 Å². The number of nitrogens with zero attached hydrogens (tertiary/aromatic N) is 1. The van der Waals surface area contributed by atoms with Gasteiger partial charge in [-0.1, -0.05) is 25.0 Å². The Morgan fingerprint density at radius 2 is 1.76 bits per heavy atom. The predicted octanol–water partition coefficient (Wildman–Crippen LogP) is 3.20. The van der Waals surface area contributed by atoms with Gasteiger partial charge in [-0.2, -0.15) is 0 Å². The molecule has 0 aromatic heterocycles. The van der Waals surface area contributed by atoms with Gasteiger partial charge in [-0.05, 0) is 55.8 Å². The van der Waals surface area contributed by atoms with Crippen LogP contribution < -0.4 is 10.2 Å². The van der Waals surface area contributed by atoms with Crippen molar-refractivity contribution in [2.75, 3.05) is 32.1 Å². The minimum absolute atomic E-state index is 0.345. The molecule has 0 saturated heterocycles. The highest BCUT2D eigenvalue weighted by Gasteiger charge is 2.24. The molecule has 1 aliphatic carbocycles. The molecule has 1 aromatic rings. The summed E-state index contributed by atoms with van der Waals surface area (Å²) in [5.74, 6) is 1.13. The van der Waals surface area contributed by atoms with Crippen molar-refractivity contribution in [1.29, 1.82) is 0 Å². The quantitative estimate of drug-likeness (QED) is 0.844. The summed E-state index contributed by atoms with van der Waals surface area (Å²) in [5.41, 5.74) is 2.57. The van der Waals surface area contributed by atoms with Gasteiger partial charge in [-0.3, -0.25) is 0 Å². The summed E-state index contributed by atoms with van der Waals surface area (Å²) in [6.07, 6.45) is 5.04. The maximum absolute atomic E-state index is 9.49. The Bertz CT molecular complexity index is 416. The molecule has 2 rings (SSSR count). The summed E-state index contributed by atoms with van der Waals surface area (Å²) in [6.45, 7) is 3.58. The van der Waals surface area contributed by atoms with E-state index in [4.69, 9.17) is 0 Å². The largest absolute Gasteiger partial charge is 0.396 e. The number of aliphatic hydroxyl groups excluding tert-OH is 1. The molecule has 1 fully saturated rings. The molecule has 1 aromatic carbocycles. The smallest absolute Gasteiger partial charge is 0.0462 e. The SMILES string of the molecule is CC(NCC1CCCCC1CO)c1ccc(N(C)C)cc1. The molecular formula is C18H30N2O. The third kappa shape index (κ3) is 4.45. The number of hydrogen-bond donors (Lipinski definition) is 2. The van der Waals surface area contributed by atoms with Crippen LogP contribution in [0.15, 0.2) is 24.3 Å². The Labute approximate surface area is 129 Å². The molecule has 0 spiro atoms. The zero-order valence-electron chi connectivity index (χ0n) is 13.7. The van der Waals surface area contributed by atoms with Gasteiger partial charge in [-0.25, -0.2) is 0 Å². The Hall–Kier alpha value is -1.06. The average Bonchev–Trinajstić information content (AvgIpc) is 2.52. The molecule has 118 valence electrons. The van der Waals surface area contributed by atoms with Crippen molar-refractivity contribution >= 4 is 5.69 Å². The summed E-state index contributed by atoms with van der Waals surface area (Å²) in [4.78, 5) is 2.12. The van der Waals surface area contributed by atoms with Crippen LogP contribution in [0.5, 0.6) is 0 Å². The lowest BCUT2D eigenvalue weighted by molar-refractivity contribution is 0.131. The molecule has 0 bridgehead atoms. The van der Waals surface area contributed by atoms with Crippen LogP contribution >= 0.6 is 0 Å². The fraction of sp³-hybridized carbons (Fsp3) is 0.667. The topological polar surface area (TPSA) is 35.5 Å². The van der Waals surface area contributed by atoms with Crippen molar-refractivity contribution in [3.05, 3.63) is 29.8 Å². The first-order valence-corrected chi connectivity index (χ1v) is 8.23. The molecule has 0 heterocycles. The fourth-order valence-electron chi connectivity index (χ4n) is 3.30. The Morgan fingerprint density at radius 3 is 2.33 bits per heavy atom. The van der Waals surface area contributed by atoms with E-state index >= 15 is 0 Å². The second-order valence-corrected chi connectivity index (χ2v) is 6.60. The van der Waals surface area contributed by atoms with Crippen molar-refractivity contribution < 1.29 is 5.11 Å². The molecule has 0 amide bonds. The van der Waals surface area contributed by atoms with Gasteiger partial charge in [-0.15, -0.1) is 0 Å². The van der Waals surface area contributed by atoms with E-state index in [1.165, 1.54) is 36.9 Å². The average molecular weight is 290 g/mol. The van der Waals surface area contributed by atoms with Gasteiger partial charge in [0.2, 0.25) is 0 Å². The molecule has 1 aliphatic rings. The second kappa shape index (κ2) is 7.81. The first-order chi connectivity index (χ1) is 10.1. The molecule has 0 radical (unpaired) electrons. The van der Waals surface area contributed by atoms with E-state index in [1.807, 2.05) is 0 Å². The lowest BCUT2D eigenvalue weighted by Gasteiger charge is -2.31. The number of rotatable bonds is 6. The molecule has 3 atom stereocenters. The van der Waals surface area contributed by atoms with Crippen molar-refractivity contribution in [3.63, 3.8) is 0 Å². The molecule has 2 N–H and O–H groups in total. The lowest BCUT2D eigenvalue weighted by atomic mass is 9.79. The molecule has 21 heavy (non-hydrogen) atoms. The van der Waals surface area contributed by atoms with Crippen LogP contribution in [0.2, 0.25) is 0 Å². The van der Waals surface area contributed by atoms with Crippen LogP contribution in [0.1, 0.15) is 44.2 Å². The van der Waals surface area contributed by atoms with Crippen LogP contribution in [0.25, 0.3) is 0 Å². The zero-order valence-corrected chi connectivity index (χ0v) is 13.7. The van der Waals surface area contributed by atoms with Gasteiger partial charge in [0.15, 0.2) is 0 Å². The van der Waals surface area contributed by atoms with E-state index < -0.39 is 0 Å². The van der Waals surface area contributed by atoms with E-state index in [9.17, 15) is 5.11 Å². The molecule has 3 nitrogen and oxygen atoms in total. The van der Waals surface area contributed by atoms with E-state index in [2.05, 4.69) is 55.5 Å². The monoisotopic (exact) mass is 290 g/mol. The number of anilines is 1. The van der Waals surface area contributed by atoms with Crippen LogP contribution in [-0.2, 0) is 0 Å². The molecular weight excluding hydrogens is 260 g/mol. The molecule has 3 heteroatoms. The maximum atomic E-state index is 9.49. The van der Waals surface area contributed by atoms with Crippen LogP contribution in [0, 0.1) is 11.8 Å². The Kier molecular flexibility index (Phi) is 6.07. The van der Waals surface area contributed by atoms with Gasteiger partial charge >= 0.3 is 0 Å². The molecule has 1 saturated carbocycles. The summed E-state index contributed by atoms with van der Waals surface area (Å²) < 4.78 is 0. The van der Waals surface area contributed by atoms with E-state index in [0.717, 1.165) is 6.54 Å². The van der Waals surface area contributed by atoms with E-state index in [0.29, 0.717) is 24.5 Å². The van der Waals surface area contributed by atoms with Gasteiger partial charge in [0, 0.05) is 32.4 Å². The molecule has 3 unspecified atom stereocenters. The number of nitrogens with one attached hydrogen (secondary N) is 1. The summed E-state index contributed by atoms with van der Waals surface area (Å²) >= 11 is 0. The van der Waals surface area contributed by atoms with E-state index in [-0.39, 0.29) is 0 Å². The van der Waals surface area contributed by atoms with Gasteiger partial charge in [0.1, 0.15) is 0 Å². The van der Waals surface area contributed by atoms with Crippen LogP contribution in [0.3, 0.4) is 0 Å². The van der Waals surface area contributed by atoms with Gasteiger partial charge < -0.3 is 15.3 Å². The zero-order chi connectivity index (χ0) is 15.2. The van der Waals surface area contributed by atoms with Crippen molar-refractivity contribution in [2.24, 2.45) is 11.8 Å². The summed E-state index contributed by atoms with van der Waals surface area (Å²) in [5, 5.41) is 13.2. The first-order valence-electron chi connectivity index (χ1n) is 8.23. The van der Waals surface area contributed by atoms with Crippen molar-refractivity contribution in [3.8, 4) is 0 Å². The highest BCUT2D eigenvalue weighted by atomic mass is 16.3. The van der Waals surface area contributed by atoms with Crippen molar-refractivity contribution in [1.82, 2.24) is 5.32 Å². The number of benzene rings is 1. The Morgan fingerprint density at radius 1 is 1.14 bits per heavy atom.